The van der Waals surface area contributed by atoms with E-state index in [9.17, 15) is 4.79 Å². The lowest BCUT2D eigenvalue weighted by Gasteiger charge is -2.49. The zero-order chi connectivity index (χ0) is 39.3. The summed E-state index contributed by atoms with van der Waals surface area (Å²) < 4.78 is 52.9. The first-order chi connectivity index (χ1) is 25.1. The normalized spacial score (nSPS) is 47.2. The summed E-state index contributed by atoms with van der Waals surface area (Å²) in [7, 11) is 0. The van der Waals surface area contributed by atoms with Gasteiger partial charge in [0, 0.05) is 30.6 Å². The van der Waals surface area contributed by atoms with Gasteiger partial charge >= 0.3 is 0 Å². The maximum atomic E-state index is 12.3. The van der Waals surface area contributed by atoms with E-state index in [1.807, 2.05) is 0 Å². The Morgan fingerprint density at radius 1 is 0.472 bits per heavy atom. The molecule has 4 fully saturated rings. The molecular formula is C43H79NO9. The Hall–Kier alpha value is -0.850. The van der Waals surface area contributed by atoms with E-state index in [-0.39, 0.29) is 98.0 Å². The van der Waals surface area contributed by atoms with Crippen LogP contribution in [0.5, 0.6) is 0 Å². The van der Waals surface area contributed by atoms with E-state index in [2.05, 4.69) is 102 Å². The fourth-order valence-electron chi connectivity index (χ4n) is 9.35. The Morgan fingerprint density at radius 2 is 0.792 bits per heavy atom. The van der Waals surface area contributed by atoms with Crippen molar-refractivity contribution in [2.45, 2.75) is 197 Å². The van der Waals surface area contributed by atoms with Gasteiger partial charge in [0.1, 0.15) is 0 Å². The van der Waals surface area contributed by atoms with Gasteiger partial charge in [-0.1, -0.05) is 96.9 Å². The van der Waals surface area contributed by atoms with Gasteiger partial charge in [0.15, 0.2) is 25.2 Å². The quantitative estimate of drug-likeness (QED) is 0.177. The largest absolute Gasteiger partial charge is 0.350 e. The summed E-state index contributed by atoms with van der Waals surface area (Å²) in [5, 5.41) is 3.05. The van der Waals surface area contributed by atoms with E-state index in [0.29, 0.717) is 35.5 Å². The number of nitrogens with one attached hydrogen (secondary N) is 1. The van der Waals surface area contributed by atoms with E-state index in [1.165, 1.54) is 6.92 Å². The number of hydrogen-bond donors (Lipinski definition) is 1. The minimum atomic E-state index is -0.437. The summed E-state index contributed by atoms with van der Waals surface area (Å²) in [4.78, 5) is 12.3. The Bertz CT molecular complexity index is 1030. The van der Waals surface area contributed by atoms with Crippen LogP contribution in [0.25, 0.3) is 0 Å². The van der Waals surface area contributed by atoms with Crippen molar-refractivity contribution in [1.29, 1.82) is 0 Å². The standard InChI is InChI=1S/C43H79NO9/c1-16-34-24(7)22(5)28(11)42(48-34)52-38-26(9)30(13)40(50-36(38)18-3)46-20-33(44-32(15)45)21-47-41-31(14)27(10)39(37(19-4)51-41)53-43-29(12)23(6)25(8)35(17-2)49-43/h22-31,33-43H,16-21H2,1-15H3,(H,44,45)/t22?,23?,24-,25-,26?,27?,28-,29-,30-,31-,33?,34?,35?,36?,37?,38-,39-,40-,41-,42+,43+/m0/s1. The van der Waals surface area contributed by atoms with E-state index in [1.54, 1.807) is 0 Å². The molecule has 0 aliphatic carbocycles. The molecule has 0 aromatic rings. The van der Waals surface area contributed by atoms with Crippen LogP contribution in [0.15, 0.2) is 0 Å². The molecule has 8 unspecified atom stereocenters. The van der Waals surface area contributed by atoms with Crippen LogP contribution in [0.3, 0.4) is 0 Å². The predicted molar refractivity (Wildman–Crippen MR) is 207 cm³/mol. The highest BCUT2D eigenvalue weighted by molar-refractivity contribution is 5.73. The highest BCUT2D eigenvalue weighted by Crippen LogP contribution is 2.43. The minimum Gasteiger partial charge on any atom is -0.350 e. The van der Waals surface area contributed by atoms with Crippen LogP contribution in [-0.4, -0.2) is 86.9 Å². The third-order valence-corrected chi connectivity index (χ3v) is 14.4. The van der Waals surface area contributed by atoms with Gasteiger partial charge in [0.05, 0.1) is 55.9 Å². The van der Waals surface area contributed by atoms with E-state index in [4.69, 9.17) is 37.9 Å². The number of carbonyl (C=O) groups excluding carboxylic acids is 1. The lowest BCUT2D eigenvalue weighted by molar-refractivity contribution is -0.327. The van der Waals surface area contributed by atoms with Gasteiger partial charge in [-0.05, 0) is 61.2 Å². The van der Waals surface area contributed by atoms with Crippen molar-refractivity contribution < 1.29 is 42.7 Å². The van der Waals surface area contributed by atoms with Crippen LogP contribution < -0.4 is 5.32 Å². The van der Waals surface area contributed by atoms with Crippen LogP contribution in [0.2, 0.25) is 0 Å². The van der Waals surface area contributed by atoms with Gasteiger partial charge in [-0.3, -0.25) is 4.79 Å². The minimum absolute atomic E-state index is 0.0679. The molecule has 4 heterocycles. The lowest BCUT2D eigenvalue weighted by Crippen LogP contribution is -2.56. The van der Waals surface area contributed by atoms with Crippen LogP contribution in [0, 0.1) is 59.2 Å². The lowest BCUT2D eigenvalue weighted by atomic mass is 9.78. The topological polar surface area (TPSA) is 103 Å². The van der Waals surface area contributed by atoms with Crippen molar-refractivity contribution in [3.05, 3.63) is 0 Å². The molecule has 1 amide bonds. The molecule has 0 radical (unpaired) electrons. The fourth-order valence-corrected chi connectivity index (χ4v) is 9.35. The number of amides is 1. The summed E-state index contributed by atoms with van der Waals surface area (Å²) >= 11 is 0. The summed E-state index contributed by atoms with van der Waals surface area (Å²) in [6, 6.07) is -0.371. The second-order valence-corrected chi connectivity index (χ2v) is 17.7. The molecule has 4 aliphatic rings. The number of hydrogen-bond acceptors (Lipinski definition) is 9. The van der Waals surface area contributed by atoms with Gasteiger partial charge in [-0.15, -0.1) is 0 Å². The molecule has 0 aromatic carbocycles. The summed E-state index contributed by atoms with van der Waals surface area (Å²) in [6.45, 7) is 33.2. The van der Waals surface area contributed by atoms with Crippen molar-refractivity contribution in [3.63, 3.8) is 0 Å². The number of rotatable bonds is 15. The van der Waals surface area contributed by atoms with E-state index >= 15 is 0 Å². The Morgan fingerprint density at radius 3 is 1.11 bits per heavy atom. The zero-order valence-electron chi connectivity index (χ0n) is 36.0. The van der Waals surface area contributed by atoms with Crippen LogP contribution >= 0.6 is 0 Å². The highest BCUT2D eigenvalue weighted by Gasteiger charge is 2.48. The summed E-state index contributed by atoms with van der Waals surface area (Å²) in [5.74, 6) is 2.96. The molecule has 4 saturated heterocycles. The second-order valence-electron chi connectivity index (χ2n) is 17.7. The van der Waals surface area contributed by atoms with Crippen LogP contribution in [0.4, 0.5) is 0 Å². The monoisotopic (exact) mass is 754 g/mol. The first kappa shape index (κ1) is 44.9. The summed E-state index contributed by atoms with van der Waals surface area (Å²) in [6.07, 6.45) is 2.08. The molecule has 0 aromatic heterocycles. The molecule has 10 heteroatoms. The average Bonchev–Trinajstić information content (AvgIpc) is 3.14. The Labute approximate surface area is 323 Å². The molecule has 10 nitrogen and oxygen atoms in total. The molecule has 1 N–H and O–H groups in total. The second kappa shape index (κ2) is 20.0. The van der Waals surface area contributed by atoms with Crippen molar-refractivity contribution in [2.75, 3.05) is 13.2 Å². The number of ether oxygens (including phenoxy) is 8. The van der Waals surface area contributed by atoms with Gasteiger partial charge in [0.2, 0.25) is 5.91 Å². The van der Waals surface area contributed by atoms with Crippen molar-refractivity contribution in [1.82, 2.24) is 5.32 Å². The maximum Gasteiger partial charge on any atom is 0.217 e. The Kier molecular flexibility index (Phi) is 16.9. The molecule has 0 spiro atoms. The van der Waals surface area contributed by atoms with Crippen molar-refractivity contribution >= 4 is 5.91 Å². The third kappa shape index (κ3) is 10.4. The molecule has 0 bridgehead atoms. The molecule has 53 heavy (non-hydrogen) atoms. The SMILES string of the molecule is CCC1O[C@H](O[C@@H]2C(CC)O[C@H](OCC(CO[C@H]3OC(CC)[C@@H](O[C@H]4OC(CC)[C@@H](C)C(C)[C@@H]4C)C(C)[C@@H]3C)NC(C)=O)[C@@H](C)C2C)[C@@H](C)C(C)[C@@H]1C. The molecule has 20 atom stereocenters. The maximum absolute atomic E-state index is 12.3. The van der Waals surface area contributed by atoms with Crippen LogP contribution in [-0.2, 0) is 42.7 Å². The first-order valence-electron chi connectivity index (χ1n) is 21.5. The predicted octanol–water partition coefficient (Wildman–Crippen LogP) is 8.20. The van der Waals surface area contributed by atoms with Crippen molar-refractivity contribution in [3.8, 4) is 0 Å². The molecule has 4 rings (SSSR count). The van der Waals surface area contributed by atoms with Gasteiger partial charge in [-0.2, -0.15) is 0 Å². The third-order valence-electron chi connectivity index (χ3n) is 14.4. The van der Waals surface area contributed by atoms with Crippen LogP contribution in [0.1, 0.15) is 130 Å². The van der Waals surface area contributed by atoms with E-state index < -0.39 is 12.6 Å². The van der Waals surface area contributed by atoms with Gasteiger partial charge < -0.3 is 43.2 Å². The molecule has 4 aliphatic heterocycles. The van der Waals surface area contributed by atoms with Gasteiger partial charge in [0.25, 0.3) is 0 Å². The molecule has 310 valence electrons. The first-order valence-corrected chi connectivity index (χ1v) is 21.5. The Balaban J connectivity index is 1.35. The molecule has 0 saturated carbocycles. The van der Waals surface area contributed by atoms with Crippen molar-refractivity contribution in [2.24, 2.45) is 59.2 Å². The highest BCUT2D eigenvalue weighted by atomic mass is 16.7. The van der Waals surface area contributed by atoms with Gasteiger partial charge in [-0.25, -0.2) is 0 Å². The summed E-state index contributed by atoms with van der Waals surface area (Å²) in [5.41, 5.74) is 0. The zero-order valence-corrected chi connectivity index (χ0v) is 36.0. The fraction of sp³-hybridized carbons (Fsp3) is 0.977. The van der Waals surface area contributed by atoms with E-state index in [0.717, 1.165) is 25.7 Å². The number of carbonyl (C=O) groups is 1. The smallest absolute Gasteiger partial charge is 0.217 e. The molecular weight excluding hydrogens is 674 g/mol. The average molecular weight is 754 g/mol.